The number of hydrogen-bond donors (Lipinski definition) is 1. The molecule has 1 aliphatic rings. The first-order valence-electron chi connectivity index (χ1n) is 5.71. The van der Waals surface area contributed by atoms with Gasteiger partial charge in [-0.25, -0.2) is 0 Å². The Balaban J connectivity index is 1.89. The van der Waals surface area contributed by atoms with Crippen LogP contribution in [-0.2, 0) is 6.54 Å². The Bertz CT molecular complexity index is 340. The van der Waals surface area contributed by atoms with Gasteiger partial charge in [0.1, 0.15) is 5.84 Å². The summed E-state index contributed by atoms with van der Waals surface area (Å²) in [6.45, 7) is 4.16. The van der Waals surface area contributed by atoms with Gasteiger partial charge >= 0.3 is 0 Å². The van der Waals surface area contributed by atoms with Gasteiger partial charge in [-0.3, -0.25) is 9.67 Å². The summed E-state index contributed by atoms with van der Waals surface area (Å²) < 4.78 is 1.99. The van der Waals surface area contributed by atoms with E-state index in [9.17, 15) is 0 Å². The summed E-state index contributed by atoms with van der Waals surface area (Å²) in [6, 6.07) is 0. The zero-order valence-corrected chi connectivity index (χ0v) is 9.24. The van der Waals surface area contributed by atoms with Crippen molar-refractivity contribution in [3.63, 3.8) is 0 Å². The molecule has 1 aromatic heterocycles. The van der Waals surface area contributed by atoms with E-state index in [1.807, 2.05) is 10.9 Å². The van der Waals surface area contributed by atoms with Crippen molar-refractivity contribution in [3.05, 3.63) is 12.4 Å². The third-order valence-corrected chi connectivity index (χ3v) is 2.54. The van der Waals surface area contributed by atoms with Gasteiger partial charge in [-0.1, -0.05) is 13.3 Å². The predicted octanol–water partition coefficient (Wildman–Crippen LogP) is 2.29. The lowest BCUT2D eigenvalue weighted by atomic mass is 10.3. The lowest BCUT2D eigenvalue weighted by Crippen LogP contribution is -2.07. The van der Waals surface area contributed by atoms with Crippen molar-refractivity contribution in [3.8, 4) is 0 Å². The van der Waals surface area contributed by atoms with Crippen LogP contribution < -0.4 is 5.32 Å². The fourth-order valence-electron chi connectivity index (χ4n) is 1.68. The van der Waals surface area contributed by atoms with Gasteiger partial charge in [-0.15, -0.1) is 0 Å². The first-order valence-corrected chi connectivity index (χ1v) is 5.71. The highest BCUT2D eigenvalue weighted by Crippen LogP contribution is 2.10. The summed E-state index contributed by atoms with van der Waals surface area (Å²) in [5.41, 5.74) is 1.06. The smallest absolute Gasteiger partial charge is 0.101 e. The highest BCUT2D eigenvalue weighted by atomic mass is 15.3. The zero-order valence-electron chi connectivity index (χ0n) is 9.24. The van der Waals surface area contributed by atoms with Gasteiger partial charge in [-0.05, 0) is 12.8 Å². The van der Waals surface area contributed by atoms with Gasteiger partial charge in [0.15, 0.2) is 0 Å². The van der Waals surface area contributed by atoms with Crippen molar-refractivity contribution in [1.29, 1.82) is 0 Å². The van der Waals surface area contributed by atoms with Crippen LogP contribution in [0, 0.1) is 0 Å². The van der Waals surface area contributed by atoms with Crippen LogP contribution in [0.1, 0.15) is 32.6 Å². The van der Waals surface area contributed by atoms with Crippen LogP contribution in [0.25, 0.3) is 0 Å². The van der Waals surface area contributed by atoms with E-state index in [4.69, 9.17) is 0 Å². The normalized spacial score (nSPS) is 15.4. The molecule has 4 heteroatoms. The number of nitrogens with zero attached hydrogens (tertiary/aromatic N) is 3. The molecule has 1 aliphatic heterocycles. The van der Waals surface area contributed by atoms with Crippen LogP contribution >= 0.6 is 0 Å². The van der Waals surface area contributed by atoms with Crippen LogP contribution in [-0.4, -0.2) is 22.2 Å². The van der Waals surface area contributed by atoms with Crippen molar-refractivity contribution < 1.29 is 0 Å². The van der Waals surface area contributed by atoms with E-state index in [2.05, 4.69) is 28.5 Å². The minimum Gasteiger partial charge on any atom is -0.342 e. The third-order valence-electron chi connectivity index (χ3n) is 2.54. The van der Waals surface area contributed by atoms with Crippen LogP contribution in [0.2, 0.25) is 0 Å². The zero-order chi connectivity index (χ0) is 10.5. The summed E-state index contributed by atoms with van der Waals surface area (Å²) in [5.74, 6) is 1.10. The van der Waals surface area contributed by atoms with E-state index in [0.717, 1.165) is 31.0 Å². The van der Waals surface area contributed by atoms with E-state index >= 15 is 0 Å². The second-order valence-corrected chi connectivity index (χ2v) is 3.90. The molecule has 0 spiro atoms. The van der Waals surface area contributed by atoms with Gasteiger partial charge in [0, 0.05) is 25.7 Å². The highest BCUT2D eigenvalue weighted by molar-refractivity contribution is 5.96. The van der Waals surface area contributed by atoms with Crippen molar-refractivity contribution in [2.75, 3.05) is 11.9 Å². The predicted molar refractivity (Wildman–Crippen MR) is 62.3 cm³/mol. The van der Waals surface area contributed by atoms with Gasteiger partial charge in [0.25, 0.3) is 0 Å². The lowest BCUT2D eigenvalue weighted by molar-refractivity contribution is 0.572. The Morgan fingerprint density at radius 3 is 3.20 bits per heavy atom. The van der Waals surface area contributed by atoms with Crippen molar-refractivity contribution in [2.24, 2.45) is 4.99 Å². The summed E-state index contributed by atoms with van der Waals surface area (Å²) >= 11 is 0. The molecule has 82 valence electrons. The Kier molecular flexibility index (Phi) is 3.37. The number of aliphatic imine (C=N–C) groups is 1. The number of anilines is 1. The van der Waals surface area contributed by atoms with Gasteiger partial charge in [0.2, 0.25) is 0 Å². The van der Waals surface area contributed by atoms with Gasteiger partial charge in [0.05, 0.1) is 11.9 Å². The Morgan fingerprint density at radius 2 is 2.47 bits per heavy atom. The quantitative estimate of drug-likeness (QED) is 0.821. The van der Waals surface area contributed by atoms with E-state index in [0.29, 0.717) is 0 Å². The maximum Gasteiger partial charge on any atom is 0.101 e. The first-order chi connectivity index (χ1) is 7.38. The molecule has 0 amide bonds. The number of hydrogen-bond acceptors (Lipinski definition) is 3. The SMILES string of the molecule is CCCCn1cc(NC2=NCCC2)cn1. The van der Waals surface area contributed by atoms with Crippen molar-refractivity contribution >= 4 is 11.5 Å². The molecule has 0 unspecified atom stereocenters. The Labute approximate surface area is 90.4 Å². The number of rotatable bonds is 4. The van der Waals surface area contributed by atoms with Crippen molar-refractivity contribution in [2.45, 2.75) is 39.2 Å². The molecule has 0 saturated carbocycles. The molecule has 2 heterocycles. The average molecular weight is 206 g/mol. The molecule has 0 fully saturated rings. The van der Waals surface area contributed by atoms with E-state index in [-0.39, 0.29) is 0 Å². The molecule has 1 aromatic rings. The first kappa shape index (κ1) is 10.2. The third kappa shape index (κ3) is 2.81. The number of aryl methyl sites for hydroxylation is 1. The molecule has 0 radical (unpaired) electrons. The van der Waals surface area contributed by atoms with Crippen LogP contribution in [0.5, 0.6) is 0 Å². The molecule has 0 aliphatic carbocycles. The Hall–Kier alpha value is -1.32. The summed E-state index contributed by atoms with van der Waals surface area (Å²) in [5, 5.41) is 7.60. The number of aromatic nitrogens is 2. The molecule has 2 rings (SSSR count). The van der Waals surface area contributed by atoms with Crippen LogP contribution in [0.4, 0.5) is 5.69 Å². The average Bonchev–Trinajstić information content (AvgIpc) is 2.87. The highest BCUT2D eigenvalue weighted by Gasteiger charge is 2.06. The molecule has 1 N–H and O–H groups in total. The van der Waals surface area contributed by atoms with Gasteiger partial charge < -0.3 is 5.32 Å². The number of unbranched alkanes of at least 4 members (excludes halogenated alkanes) is 1. The van der Waals surface area contributed by atoms with Crippen LogP contribution in [0.15, 0.2) is 17.4 Å². The molecule has 15 heavy (non-hydrogen) atoms. The van der Waals surface area contributed by atoms with Crippen molar-refractivity contribution in [1.82, 2.24) is 9.78 Å². The molecular formula is C11H18N4. The van der Waals surface area contributed by atoms with E-state index in [1.165, 1.54) is 19.3 Å². The lowest BCUT2D eigenvalue weighted by Gasteiger charge is -2.01. The van der Waals surface area contributed by atoms with Gasteiger partial charge in [-0.2, -0.15) is 5.10 Å². The molecule has 0 saturated heterocycles. The Morgan fingerprint density at radius 1 is 1.53 bits per heavy atom. The minimum absolute atomic E-state index is 0.965. The topological polar surface area (TPSA) is 42.2 Å². The monoisotopic (exact) mass is 206 g/mol. The fraction of sp³-hybridized carbons (Fsp3) is 0.636. The molecule has 0 aromatic carbocycles. The molecular weight excluding hydrogens is 188 g/mol. The number of nitrogens with one attached hydrogen (secondary N) is 1. The molecule has 0 atom stereocenters. The molecule has 0 bridgehead atoms. The number of amidine groups is 1. The second-order valence-electron chi connectivity index (χ2n) is 3.90. The van der Waals surface area contributed by atoms with E-state index < -0.39 is 0 Å². The maximum absolute atomic E-state index is 4.37. The standard InChI is InChI=1S/C11H18N4/c1-2-3-7-15-9-10(8-13-15)14-11-5-4-6-12-11/h8-9H,2-7H2,1H3,(H,12,14). The van der Waals surface area contributed by atoms with E-state index in [1.54, 1.807) is 0 Å². The second kappa shape index (κ2) is 4.96. The largest absolute Gasteiger partial charge is 0.342 e. The summed E-state index contributed by atoms with van der Waals surface area (Å²) in [4.78, 5) is 4.37. The fourth-order valence-corrected chi connectivity index (χ4v) is 1.68. The molecule has 4 nitrogen and oxygen atoms in total. The van der Waals surface area contributed by atoms with Crippen LogP contribution in [0.3, 0.4) is 0 Å². The minimum atomic E-state index is 0.965. The summed E-state index contributed by atoms with van der Waals surface area (Å²) in [6.07, 6.45) is 8.55. The maximum atomic E-state index is 4.37. The summed E-state index contributed by atoms with van der Waals surface area (Å²) in [7, 11) is 0.